The molecule has 0 aromatic carbocycles. The lowest BCUT2D eigenvalue weighted by Gasteiger charge is -2.42. The van der Waals surface area contributed by atoms with Gasteiger partial charge in [0.25, 0.3) is 0 Å². The lowest BCUT2D eigenvalue weighted by Crippen LogP contribution is -2.44. The molecule has 3 heteroatoms. The summed E-state index contributed by atoms with van der Waals surface area (Å²) in [6.07, 6.45) is 1.91. The zero-order valence-corrected chi connectivity index (χ0v) is 7.26. The third-order valence-corrected chi connectivity index (χ3v) is 2.06. The molecule has 0 aromatic heterocycles. The summed E-state index contributed by atoms with van der Waals surface area (Å²) in [5, 5.41) is 12.1. The van der Waals surface area contributed by atoms with Crippen LogP contribution in [0.1, 0.15) is 19.8 Å². The molecule has 11 heavy (non-hydrogen) atoms. The lowest BCUT2D eigenvalue weighted by molar-refractivity contribution is -0.0979. The molecule has 0 aliphatic heterocycles. The number of carbonyl (C=O) groups excluding carboxylic acids is 1. The topological polar surface area (TPSA) is 49.3 Å². The summed E-state index contributed by atoms with van der Waals surface area (Å²) in [6.45, 7) is 5.24. The van der Waals surface area contributed by atoms with Crippen molar-refractivity contribution in [3.63, 3.8) is 0 Å². The van der Waals surface area contributed by atoms with E-state index in [1.165, 1.54) is 0 Å². The molecule has 1 rings (SSSR count). The third kappa shape index (κ3) is 2.99. The fourth-order valence-electron chi connectivity index (χ4n) is 1.65. The van der Waals surface area contributed by atoms with Crippen molar-refractivity contribution in [1.82, 2.24) is 5.32 Å². The maximum absolute atomic E-state index is 8.98. The summed E-state index contributed by atoms with van der Waals surface area (Å²) in [5.41, 5.74) is 0.383. The SMILES string of the molecule is C=O.CNCC1(C)CC(O)C1. The van der Waals surface area contributed by atoms with Crippen LogP contribution in [0, 0.1) is 5.41 Å². The minimum atomic E-state index is -0.0247. The van der Waals surface area contributed by atoms with Gasteiger partial charge in [-0.1, -0.05) is 6.92 Å². The monoisotopic (exact) mass is 159 g/mol. The number of nitrogens with one attached hydrogen (secondary N) is 1. The summed E-state index contributed by atoms with van der Waals surface area (Å²) in [7, 11) is 1.95. The van der Waals surface area contributed by atoms with Crippen LogP contribution in [0.25, 0.3) is 0 Å². The van der Waals surface area contributed by atoms with Gasteiger partial charge < -0.3 is 15.2 Å². The molecule has 0 heterocycles. The van der Waals surface area contributed by atoms with E-state index in [0.29, 0.717) is 5.41 Å². The van der Waals surface area contributed by atoms with E-state index in [1.807, 2.05) is 13.8 Å². The number of rotatable bonds is 2. The van der Waals surface area contributed by atoms with E-state index >= 15 is 0 Å². The molecule has 0 aromatic rings. The van der Waals surface area contributed by atoms with E-state index in [0.717, 1.165) is 19.4 Å². The van der Waals surface area contributed by atoms with E-state index in [-0.39, 0.29) is 6.10 Å². The van der Waals surface area contributed by atoms with Crippen LogP contribution in [-0.4, -0.2) is 31.6 Å². The molecule has 1 fully saturated rings. The molecule has 1 saturated carbocycles. The molecule has 0 atom stereocenters. The maximum Gasteiger partial charge on any atom is 0.106 e. The van der Waals surface area contributed by atoms with Crippen molar-refractivity contribution in [3.8, 4) is 0 Å². The van der Waals surface area contributed by atoms with Crippen molar-refractivity contribution in [2.24, 2.45) is 5.41 Å². The van der Waals surface area contributed by atoms with E-state index < -0.39 is 0 Å². The maximum atomic E-state index is 8.98. The van der Waals surface area contributed by atoms with Crippen LogP contribution in [0.5, 0.6) is 0 Å². The highest BCUT2D eigenvalue weighted by Gasteiger charge is 2.38. The van der Waals surface area contributed by atoms with Crippen molar-refractivity contribution < 1.29 is 9.90 Å². The average Bonchev–Trinajstić information content (AvgIpc) is 1.90. The van der Waals surface area contributed by atoms with Crippen LogP contribution >= 0.6 is 0 Å². The number of hydrogen-bond acceptors (Lipinski definition) is 3. The highest BCUT2D eigenvalue weighted by atomic mass is 16.3. The molecule has 1 aliphatic rings. The van der Waals surface area contributed by atoms with Crippen LogP contribution in [-0.2, 0) is 4.79 Å². The minimum absolute atomic E-state index is 0.0247. The van der Waals surface area contributed by atoms with Gasteiger partial charge in [-0.15, -0.1) is 0 Å². The zero-order chi connectivity index (χ0) is 8.91. The summed E-state index contributed by atoms with van der Waals surface area (Å²) >= 11 is 0. The first-order valence-corrected chi connectivity index (χ1v) is 3.78. The van der Waals surface area contributed by atoms with Crippen LogP contribution in [0.3, 0.4) is 0 Å². The molecule has 0 amide bonds. The highest BCUT2D eigenvalue weighted by molar-refractivity contribution is 5.10. The van der Waals surface area contributed by atoms with Crippen molar-refractivity contribution in [3.05, 3.63) is 0 Å². The molecule has 2 N–H and O–H groups in total. The second kappa shape index (κ2) is 4.46. The second-order valence-electron chi connectivity index (χ2n) is 3.40. The first-order chi connectivity index (χ1) is 5.16. The smallest absolute Gasteiger partial charge is 0.106 e. The van der Waals surface area contributed by atoms with Gasteiger partial charge in [0.2, 0.25) is 0 Å². The summed E-state index contributed by atoms with van der Waals surface area (Å²) < 4.78 is 0. The van der Waals surface area contributed by atoms with E-state index in [9.17, 15) is 0 Å². The number of carbonyl (C=O) groups is 1. The Morgan fingerprint density at radius 2 is 2.09 bits per heavy atom. The molecule has 0 spiro atoms. The molecule has 0 unspecified atom stereocenters. The van der Waals surface area contributed by atoms with Gasteiger partial charge in [0.15, 0.2) is 0 Å². The van der Waals surface area contributed by atoms with Crippen molar-refractivity contribution in [2.75, 3.05) is 13.6 Å². The predicted octanol–water partition coefficient (Wildman–Crippen LogP) is 0.182. The summed E-state index contributed by atoms with van der Waals surface area (Å²) in [5.74, 6) is 0. The molecular weight excluding hydrogens is 142 g/mol. The van der Waals surface area contributed by atoms with Crippen LogP contribution in [0.15, 0.2) is 0 Å². The molecule has 3 nitrogen and oxygen atoms in total. The molecular formula is C8H17NO2. The van der Waals surface area contributed by atoms with Gasteiger partial charge in [-0.05, 0) is 25.3 Å². The molecule has 0 radical (unpaired) electrons. The fraction of sp³-hybridized carbons (Fsp3) is 0.875. The van der Waals surface area contributed by atoms with Crippen molar-refractivity contribution in [1.29, 1.82) is 0 Å². The Balaban J connectivity index is 0.000000461. The Morgan fingerprint density at radius 1 is 1.64 bits per heavy atom. The third-order valence-electron chi connectivity index (χ3n) is 2.06. The first kappa shape index (κ1) is 10.6. The lowest BCUT2D eigenvalue weighted by atomic mass is 9.68. The normalized spacial score (nSPS) is 35.0. The summed E-state index contributed by atoms with van der Waals surface area (Å²) in [6, 6.07) is 0. The molecule has 0 saturated heterocycles. The van der Waals surface area contributed by atoms with Gasteiger partial charge in [-0.25, -0.2) is 0 Å². The van der Waals surface area contributed by atoms with Crippen LogP contribution < -0.4 is 5.32 Å². The van der Waals surface area contributed by atoms with Gasteiger partial charge in [-0.2, -0.15) is 0 Å². The number of aliphatic hydroxyl groups is 1. The molecule has 66 valence electrons. The largest absolute Gasteiger partial charge is 0.393 e. The fourth-order valence-corrected chi connectivity index (χ4v) is 1.65. The quantitative estimate of drug-likeness (QED) is 0.604. The highest BCUT2D eigenvalue weighted by Crippen LogP contribution is 2.39. The van der Waals surface area contributed by atoms with Gasteiger partial charge >= 0.3 is 0 Å². The Bertz CT molecular complexity index is 105. The Hall–Kier alpha value is -0.410. The first-order valence-electron chi connectivity index (χ1n) is 3.78. The van der Waals surface area contributed by atoms with E-state index in [1.54, 1.807) is 0 Å². The zero-order valence-electron chi connectivity index (χ0n) is 7.26. The predicted molar refractivity (Wildman–Crippen MR) is 44.4 cm³/mol. The second-order valence-corrected chi connectivity index (χ2v) is 3.40. The van der Waals surface area contributed by atoms with Crippen molar-refractivity contribution in [2.45, 2.75) is 25.9 Å². The van der Waals surface area contributed by atoms with Gasteiger partial charge in [0.05, 0.1) is 6.10 Å². The average molecular weight is 159 g/mol. The summed E-state index contributed by atoms with van der Waals surface area (Å²) in [4.78, 5) is 8.00. The minimum Gasteiger partial charge on any atom is -0.393 e. The molecule has 0 bridgehead atoms. The molecule has 1 aliphatic carbocycles. The Morgan fingerprint density at radius 3 is 2.36 bits per heavy atom. The number of hydrogen-bond donors (Lipinski definition) is 2. The number of aliphatic hydroxyl groups excluding tert-OH is 1. The van der Waals surface area contributed by atoms with Crippen LogP contribution in [0.4, 0.5) is 0 Å². The van der Waals surface area contributed by atoms with Gasteiger partial charge in [-0.3, -0.25) is 0 Å². The van der Waals surface area contributed by atoms with Crippen molar-refractivity contribution >= 4 is 6.79 Å². The standard InChI is InChI=1S/C7H15NO.CH2O/c1-7(5-8-2)3-6(9)4-7;1-2/h6,8-9H,3-5H2,1-2H3;1H2. The van der Waals surface area contributed by atoms with E-state index in [4.69, 9.17) is 9.90 Å². The van der Waals surface area contributed by atoms with Crippen LogP contribution in [0.2, 0.25) is 0 Å². The van der Waals surface area contributed by atoms with Gasteiger partial charge in [0, 0.05) is 6.54 Å². The Kier molecular flexibility index (Phi) is 4.30. The Labute approximate surface area is 67.8 Å². The van der Waals surface area contributed by atoms with E-state index in [2.05, 4.69) is 12.2 Å². The van der Waals surface area contributed by atoms with Gasteiger partial charge in [0.1, 0.15) is 6.79 Å².